The summed E-state index contributed by atoms with van der Waals surface area (Å²) in [5.41, 5.74) is 3.38. The van der Waals surface area contributed by atoms with Crippen LogP contribution < -0.4 is 5.32 Å². The normalized spacial score (nSPS) is 15.9. The summed E-state index contributed by atoms with van der Waals surface area (Å²) in [5.74, 6) is 1.66. The van der Waals surface area contributed by atoms with E-state index in [1.54, 1.807) is 0 Å². The maximum Gasteiger partial charge on any atom is 0.112 e. The van der Waals surface area contributed by atoms with E-state index in [2.05, 4.69) is 45.3 Å². The Kier molecular flexibility index (Phi) is 2.76. The number of aromatic nitrogens is 2. The summed E-state index contributed by atoms with van der Waals surface area (Å²) in [5, 5.41) is 3.27. The average Bonchev–Trinajstić information content (AvgIpc) is 2.59. The van der Waals surface area contributed by atoms with Crippen molar-refractivity contribution in [2.45, 2.75) is 12.8 Å². The Labute approximate surface area is 109 Å². The zero-order valence-corrected chi connectivity index (χ0v) is 11.2. The van der Waals surface area contributed by atoms with Gasteiger partial charge in [0.2, 0.25) is 0 Å². The van der Waals surface area contributed by atoms with Crippen LogP contribution in [-0.2, 0) is 0 Å². The lowest BCUT2D eigenvalue weighted by Crippen LogP contribution is -2.40. The van der Waals surface area contributed by atoms with Gasteiger partial charge in [-0.15, -0.1) is 0 Å². The van der Waals surface area contributed by atoms with Gasteiger partial charge in [-0.25, -0.2) is 4.98 Å². The lowest BCUT2D eigenvalue weighted by molar-refractivity contribution is 0.432. The Balaban J connectivity index is 1.96. The predicted molar refractivity (Wildman–Crippen MR) is 72.1 cm³/mol. The van der Waals surface area contributed by atoms with E-state index in [9.17, 15) is 0 Å². The summed E-state index contributed by atoms with van der Waals surface area (Å²) in [6.07, 6.45) is 0. The van der Waals surface area contributed by atoms with Gasteiger partial charge in [0, 0.05) is 34.7 Å². The van der Waals surface area contributed by atoms with Crippen LogP contribution in [0.3, 0.4) is 0 Å². The molecule has 4 heteroatoms. The van der Waals surface area contributed by atoms with Crippen molar-refractivity contribution in [3.8, 4) is 11.3 Å². The van der Waals surface area contributed by atoms with Crippen LogP contribution in [0.15, 0.2) is 28.7 Å². The number of imidazole rings is 1. The fraction of sp³-hybridized carbons (Fsp3) is 0.308. The van der Waals surface area contributed by atoms with E-state index in [4.69, 9.17) is 4.98 Å². The van der Waals surface area contributed by atoms with E-state index in [0.717, 1.165) is 34.8 Å². The molecule has 1 aliphatic rings. The van der Waals surface area contributed by atoms with Gasteiger partial charge in [-0.05, 0) is 19.1 Å². The lowest BCUT2D eigenvalue weighted by Gasteiger charge is -2.24. The Morgan fingerprint density at radius 3 is 2.53 bits per heavy atom. The third-order valence-electron chi connectivity index (χ3n) is 3.19. The molecule has 1 aliphatic heterocycles. The molecular formula is C13H14BrN3. The average molecular weight is 292 g/mol. The first-order valence-corrected chi connectivity index (χ1v) is 6.56. The second-order valence-electron chi connectivity index (χ2n) is 4.46. The van der Waals surface area contributed by atoms with E-state index >= 15 is 0 Å². The minimum absolute atomic E-state index is 0.554. The van der Waals surface area contributed by atoms with Crippen molar-refractivity contribution in [1.29, 1.82) is 0 Å². The quantitative estimate of drug-likeness (QED) is 0.893. The molecule has 3 rings (SSSR count). The molecule has 2 heterocycles. The number of aromatic amines is 1. The third kappa shape index (κ3) is 2.03. The summed E-state index contributed by atoms with van der Waals surface area (Å²) in [6, 6.07) is 8.29. The smallest absolute Gasteiger partial charge is 0.112 e. The Hall–Kier alpha value is -1.13. The summed E-state index contributed by atoms with van der Waals surface area (Å²) >= 11 is 3.45. The van der Waals surface area contributed by atoms with Crippen LogP contribution >= 0.6 is 15.9 Å². The zero-order valence-electron chi connectivity index (χ0n) is 9.63. The van der Waals surface area contributed by atoms with Crippen LogP contribution in [0.2, 0.25) is 0 Å². The van der Waals surface area contributed by atoms with Crippen molar-refractivity contribution in [2.75, 3.05) is 13.1 Å². The molecule has 2 aromatic rings. The molecule has 0 atom stereocenters. The number of halogens is 1. The lowest BCUT2D eigenvalue weighted by atomic mass is 10.0. The van der Waals surface area contributed by atoms with Gasteiger partial charge in [0.25, 0.3) is 0 Å². The molecule has 1 aromatic heterocycles. The van der Waals surface area contributed by atoms with E-state index in [1.165, 1.54) is 5.56 Å². The maximum absolute atomic E-state index is 4.72. The molecule has 0 saturated carbocycles. The first kappa shape index (κ1) is 11.0. The van der Waals surface area contributed by atoms with Crippen molar-refractivity contribution >= 4 is 15.9 Å². The molecule has 0 spiro atoms. The highest BCUT2D eigenvalue weighted by Crippen LogP contribution is 2.26. The number of rotatable bonds is 2. The van der Waals surface area contributed by atoms with Crippen LogP contribution in [0.5, 0.6) is 0 Å². The summed E-state index contributed by atoms with van der Waals surface area (Å²) in [4.78, 5) is 8.12. The van der Waals surface area contributed by atoms with Crippen molar-refractivity contribution in [3.05, 3.63) is 40.3 Å². The van der Waals surface area contributed by atoms with E-state index < -0.39 is 0 Å². The molecule has 1 aromatic carbocycles. The van der Waals surface area contributed by atoms with Gasteiger partial charge in [-0.1, -0.05) is 28.1 Å². The van der Waals surface area contributed by atoms with Crippen molar-refractivity contribution in [3.63, 3.8) is 0 Å². The Morgan fingerprint density at radius 2 is 1.94 bits per heavy atom. The fourth-order valence-corrected chi connectivity index (χ4v) is 2.31. The van der Waals surface area contributed by atoms with Crippen molar-refractivity contribution < 1.29 is 0 Å². The van der Waals surface area contributed by atoms with Crippen molar-refractivity contribution in [2.24, 2.45) is 0 Å². The zero-order chi connectivity index (χ0) is 11.8. The fourth-order valence-electron chi connectivity index (χ4n) is 2.05. The summed E-state index contributed by atoms with van der Waals surface area (Å²) in [7, 11) is 0. The van der Waals surface area contributed by atoms with E-state index in [-0.39, 0.29) is 0 Å². The molecule has 0 amide bonds. The Bertz CT molecular complexity index is 526. The molecule has 0 bridgehead atoms. The molecule has 0 radical (unpaired) electrons. The molecular weight excluding hydrogens is 278 g/mol. The van der Waals surface area contributed by atoms with Crippen LogP contribution in [0.4, 0.5) is 0 Å². The van der Waals surface area contributed by atoms with Crippen LogP contribution in [-0.4, -0.2) is 23.1 Å². The van der Waals surface area contributed by atoms with Crippen molar-refractivity contribution in [1.82, 2.24) is 15.3 Å². The second kappa shape index (κ2) is 4.27. The minimum Gasteiger partial charge on any atom is -0.345 e. The molecule has 17 heavy (non-hydrogen) atoms. The van der Waals surface area contributed by atoms with Gasteiger partial charge in [-0.3, -0.25) is 0 Å². The summed E-state index contributed by atoms with van der Waals surface area (Å²) in [6.45, 7) is 4.15. The molecule has 2 N–H and O–H groups in total. The minimum atomic E-state index is 0.554. The molecule has 1 saturated heterocycles. The van der Waals surface area contributed by atoms with Gasteiger partial charge in [0.15, 0.2) is 0 Å². The highest BCUT2D eigenvalue weighted by molar-refractivity contribution is 9.10. The topological polar surface area (TPSA) is 40.7 Å². The number of benzene rings is 1. The standard InChI is InChI=1S/C13H14BrN3/c1-8-12(9-2-4-11(14)5-3-9)17-13(16-8)10-6-15-7-10/h2-5,10,15H,6-7H2,1H3,(H,16,17). The SMILES string of the molecule is Cc1[nH]c(C2CNC2)nc1-c1ccc(Br)cc1. The molecule has 0 aliphatic carbocycles. The van der Waals surface area contributed by atoms with Crippen LogP contribution in [0.1, 0.15) is 17.4 Å². The number of hydrogen-bond donors (Lipinski definition) is 2. The van der Waals surface area contributed by atoms with Crippen LogP contribution in [0.25, 0.3) is 11.3 Å². The molecule has 0 unspecified atom stereocenters. The number of nitrogens with zero attached hydrogens (tertiary/aromatic N) is 1. The first-order chi connectivity index (χ1) is 8.24. The van der Waals surface area contributed by atoms with Gasteiger partial charge in [0.1, 0.15) is 5.82 Å². The molecule has 1 fully saturated rings. The maximum atomic E-state index is 4.72. The van der Waals surface area contributed by atoms with Gasteiger partial charge >= 0.3 is 0 Å². The van der Waals surface area contributed by atoms with E-state index in [1.807, 2.05) is 12.1 Å². The van der Waals surface area contributed by atoms with Gasteiger partial charge in [-0.2, -0.15) is 0 Å². The number of nitrogens with one attached hydrogen (secondary N) is 2. The first-order valence-electron chi connectivity index (χ1n) is 5.77. The number of H-pyrrole nitrogens is 1. The second-order valence-corrected chi connectivity index (χ2v) is 5.37. The van der Waals surface area contributed by atoms with Crippen LogP contribution in [0, 0.1) is 6.92 Å². The predicted octanol–water partition coefficient (Wildman–Crippen LogP) is 2.83. The highest BCUT2D eigenvalue weighted by Gasteiger charge is 2.23. The monoisotopic (exact) mass is 291 g/mol. The largest absolute Gasteiger partial charge is 0.345 e. The molecule has 88 valence electrons. The van der Waals surface area contributed by atoms with Gasteiger partial charge in [0.05, 0.1) is 5.69 Å². The summed E-state index contributed by atoms with van der Waals surface area (Å²) < 4.78 is 1.10. The Morgan fingerprint density at radius 1 is 1.24 bits per heavy atom. The van der Waals surface area contributed by atoms with Gasteiger partial charge < -0.3 is 10.3 Å². The third-order valence-corrected chi connectivity index (χ3v) is 3.72. The number of hydrogen-bond acceptors (Lipinski definition) is 2. The molecule has 3 nitrogen and oxygen atoms in total. The highest BCUT2D eigenvalue weighted by atomic mass is 79.9. The van der Waals surface area contributed by atoms with E-state index in [0.29, 0.717) is 5.92 Å². The number of aryl methyl sites for hydroxylation is 1.